The molecule has 4 heteroatoms. The fraction of sp³-hybridized carbons (Fsp3) is 0.0682. The van der Waals surface area contributed by atoms with Crippen LogP contribution in [0.4, 0.5) is 0 Å². The molecule has 1 aliphatic rings. The zero-order valence-corrected chi connectivity index (χ0v) is 26.6. The summed E-state index contributed by atoms with van der Waals surface area (Å²) in [6.07, 6.45) is 0. The summed E-state index contributed by atoms with van der Waals surface area (Å²) in [4.78, 5) is 5.07. The minimum atomic E-state index is -0.879. The van der Waals surface area contributed by atoms with E-state index in [1.165, 1.54) is 0 Å². The molecule has 9 rings (SSSR count). The van der Waals surface area contributed by atoms with Crippen LogP contribution < -0.4 is 9.47 Å². The van der Waals surface area contributed by atoms with Crippen molar-refractivity contribution in [3.05, 3.63) is 152 Å². The molecule has 0 saturated heterocycles. The third-order valence-corrected chi connectivity index (χ3v) is 8.97. The van der Waals surface area contributed by atoms with E-state index in [0.29, 0.717) is 0 Å². The van der Waals surface area contributed by atoms with Crippen molar-refractivity contribution >= 4 is 21.9 Å². The van der Waals surface area contributed by atoms with Crippen LogP contribution in [-0.2, 0) is 0 Å². The van der Waals surface area contributed by atoms with Crippen LogP contribution in [0.1, 0.15) is 13.8 Å². The van der Waals surface area contributed by atoms with E-state index < -0.39 is 5.79 Å². The van der Waals surface area contributed by atoms with Crippen molar-refractivity contribution < 1.29 is 13.9 Å². The molecule has 1 aliphatic heterocycles. The number of ether oxygens (including phenoxy) is 2. The summed E-state index contributed by atoms with van der Waals surface area (Å²) in [6.45, 7) is 3.91. The molecule has 0 spiro atoms. The summed E-state index contributed by atoms with van der Waals surface area (Å²) in [5.74, 6) is 0.665. The lowest BCUT2D eigenvalue weighted by atomic mass is 9.94. The van der Waals surface area contributed by atoms with E-state index in [0.717, 1.165) is 89.3 Å². The average Bonchev–Trinajstić information content (AvgIpc) is 3.44. The van der Waals surface area contributed by atoms with E-state index in [1.54, 1.807) is 0 Å². The number of pyridine rings is 1. The molecule has 48 heavy (non-hydrogen) atoms. The van der Waals surface area contributed by atoms with Crippen molar-refractivity contribution in [2.45, 2.75) is 19.6 Å². The summed E-state index contributed by atoms with van der Waals surface area (Å²) in [5, 5.41) is 2.24. The number of hydrogen-bond acceptors (Lipinski definition) is 4. The number of nitrogens with zero attached hydrogens (tertiary/aromatic N) is 1. The summed E-state index contributed by atoms with van der Waals surface area (Å²) in [7, 11) is 0. The van der Waals surface area contributed by atoms with E-state index in [4.69, 9.17) is 18.9 Å². The molecule has 0 unspecified atom stereocenters. The highest BCUT2D eigenvalue weighted by atomic mass is 16.7. The lowest BCUT2D eigenvalue weighted by Gasteiger charge is -2.26. The van der Waals surface area contributed by atoms with Crippen molar-refractivity contribution in [2.24, 2.45) is 0 Å². The van der Waals surface area contributed by atoms with Crippen molar-refractivity contribution in [1.82, 2.24) is 4.98 Å². The largest absolute Gasteiger partial charge is 0.456 e. The maximum atomic E-state index is 6.60. The fourth-order valence-electron chi connectivity index (χ4n) is 6.68. The van der Waals surface area contributed by atoms with Crippen LogP contribution in [0.15, 0.2) is 156 Å². The molecule has 3 heterocycles. The SMILES string of the molecule is CC1(C)Oc2cc(-c3cc(-c4ccccc4)nc(-c4ccccc4)c3)ccc2-c2cc(-c3ccc4c(c3)oc3ccccc34)ccc2O1. The van der Waals surface area contributed by atoms with Crippen LogP contribution in [0.25, 0.3) is 77.8 Å². The van der Waals surface area contributed by atoms with Gasteiger partial charge in [-0.2, -0.15) is 0 Å². The van der Waals surface area contributed by atoms with E-state index in [-0.39, 0.29) is 0 Å². The quantitative estimate of drug-likeness (QED) is 0.196. The predicted octanol–water partition coefficient (Wildman–Crippen LogP) is 11.8. The molecule has 0 bridgehead atoms. The average molecular weight is 622 g/mol. The molecule has 2 aromatic heterocycles. The lowest BCUT2D eigenvalue weighted by Crippen LogP contribution is -2.34. The molecule has 8 aromatic rings. The highest BCUT2D eigenvalue weighted by Crippen LogP contribution is 2.46. The molecule has 0 saturated carbocycles. The number of aromatic nitrogens is 1. The Morgan fingerprint density at radius 2 is 1.00 bits per heavy atom. The summed E-state index contributed by atoms with van der Waals surface area (Å²) in [5.41, 5.74) is 11.9. The first-order valence-corrected chi connectivity index (χ1v) is 16.2. The van der Waals surface area contributed by atoms with Gasteiger partial charge >= 0.3 is 0 Å². The zero-order chi connectivity index (χ0) is 32.2. The topological polar surface area (TPSA) is 44.5 Å². The zero-order valence-electron chi connectivity index (χ0n) is 26.6. The first-order valence-electron chi connectivity index (χ1n) is 16.2. The fourth-order valence-corrected chi connectivity index (χ4v) is 6.68. The Bertz CT molecular complexity index is 2420. The van der Waals surface area contributed by atoms with Crippen LogP contribution in [0.2, 0.25) is 0 Å². The van der Waals surface area contributed by atoms with Gasteiger partial charge in [0.1, 0.15) is 22.7 Å². The van der Waals surface area contributed by atoms with Gasteiger partial charge in [-0.05, 0) is 76.9 Å². The number of benzene rings is 6. The molecule has 0 atom stereocenters. The molecule has 0 radical (unpaired) electrons. The standard InChI is InChI=1S/C44H31NO3/c1-44(2)47-41-22-19-30(31-17-20-35-34-15-9-10-16-40(34)46-42(35)26-31)23-37(41)36-21-18-32(27-43(36)48-44)33-24-38(28-11-5-3-6-12-28)45-39(25-33)29-13-7-4-8-14-29/h3-27H,1-2H3. The van der Waals surface area contributed by atoms with Crippen LogP contribution in [0, 0.1) is 0 Å². The molecular weight excluding hydrogens is 590 g/mol. The van der Waals surface area contributed by atoms with Crippen LogP contribution >= 0.6 is 0 Å². The Balaban J connectivity index is 1.16. The summed E-state index contributed by atoms with van der Waals surface area (Å²) >= 11 is 0. The number of hydrogen-bond donors (Lipinski definition) is 0. The molecule has 0 aliphatic carbocycles. The predicted molar refractivity (Wildman–Crippen MR) is 194 cm³/mol. The number of rotatable bonds is 4. The molecule has 6 aromatic carbocycles. The Hall–Kier alpha value is -6.13. The maximum Gasteiger partial charge on any atom is 0.245 e. The second-order valence-electron chi connectivity index (χ2n) is 12.7. The van der Waals surface area contributed by atoms with Gasteiger partial charge in [-0.25, -0.2) is 4.98 Å². The summed E-state index contributed by atoms with van der Waals surface area (Å²) < 4.78 is 19.3. The molecule has 0 N–H and O–H groups in total. The first-order chi connectivity index (χ1) is 23.5. The minimum absolute atomic E-state index is 0.764. The molecular formula is C44H31NO3. The smallest absolute Gasteiger partial charge is 0.245 e. The van der Waals surface area contributed by atoms with E-state index >= 15 is 0 Å². The van der Waals surface area contributed by atoms with E-state index in [2.05, 4.69) is 91.0 Å². The van der Waals surface area contributed by atoms with Crippen LogP contribution in [-0.4, -0.2) is 10.8 Å². The highest BCUT2D eigenvalue weighted by Gasteiger charge is 2.30. The van der Waals surface area contributed by atoms with Crippen molar-refractivity contribution in [3.8, 4) is 67.4 Å². The van der Waals surface area contributed by atoms with E-state index in [9.17, 15) is 0 Å². The van der Waals surface area contributed by atoms with Gasteiger partial charge in [0, 0.05) is 46.9 Å². The molecule has 0 amide bonds. The normalized spacial score (nSPS) is 13.3. The second-order valence-corrected chi connectivity index (χ2v) is 12.7. The van der Waals surface area contributed by atoms with Crippen molar-refractivity contribution in [2.75, 3.05) is 0 Å². The number of fused-ring (bicyclic) bond motifs is 6. The van der Waals surface area contributed by atoms with Crippen molar-refractivity contribution in [3.63, 3.8) is 0 Å². The molecule has 230 valence electrons. The van der Waals surface area contributed by atoms with Crippen LogP contribution in [0.5, 0.6) is 11.5 Å². The third-order valence-electron chi connectivity index (χ3n) is 8.97. The highest BCUT2D eigenvalue weighted by molar-refractivity contribution is 6.06. The second kappa shape index (κ2) is 11.0. The Morgan fingerprint density at radius 1 is 0.417 bits per heavy atom. The van der Waals surface area contributed by atoms with Gasteiger partial charge in [0.05, 0.1) is 11.4 Å². The van der Waals surface area contributed by atoms with Gasteiger partial charge in [0.2, 0.25) is 5.79 Å². The number of para-hydroxylation sites is 1. The molecule has 4 nitrogen and oxygen atoms in total. The Labute approximate surface area is 278 Å². The van der Waals surface area contributed by atoms with Gasteiger partial charge in [0.25, 0.3) is 0 Å². The van der Waals surface area contributed by atoms with Gasteiger partial charge in [-0.3, -0.25) is 0 Å². The van der Waals surface area contributed by atoms with Crippen molar-refractivity contribution in [1.29, 1.82) is 0 Å². The Kier molecular flexibility index (Phi) is 6.44. The minimum Gasteiger partial charge on any atom is -0.456 e. The monoisotopic (exact) mass is 621 g/mol. The maximum absolute atomic E-state index is 6.60. The van der Waals surface area contributed by atoms with Gasteiger partial charge in [-0.1, -0.05) is 97.1 Å². The van der Waals surface area contributed by atoms with Gasteiger partial charge in [0.15, 0.2) is 0 Å². The van der Waals surface area contributed by atoms with E-state index in [1.807, 2.05) is 74.5 Å². The first kappa shape index (κ1) is 28.1. The Morgan fingerprint density at radius 3 is 1.75 bits per heavy atom. The molecule has 0 fully saturated rings. The number of furan rings is 1. The van der Waals surface area contributed by atoms with Gasteiger partial charge in [-0.15, -0.1) is 0 Å². The summed E-state index contributed by atoms with van der Waals surface area (Å²) in [6, 6.07) is 52.3. The van der Waals surface area contributed by atoms with Crippen LogP contribution in [0.3, 0.4) is 0 Å². The third kappa shape index (κ3) is 4.99. The van der Waals surface area contributed by atoms with Gasteiger partial charge < -0.3 is 13.9 Å². The lowest BCUT2D eigenvalue weighted by molar-refractivity contribution is -0.0778.